The number of hydrogen-bond donors (Lipinski definition) is 0. The molecule has 1 fully saturated rings. The molecule has 1 aliphatic rings. The van der Waals surface area contributed by atoms with E-state index in [4.69, 9.17) is 0 Å². The van der Waals surface area contributed by atoms with Crippen molar-refractivity contribution in [3.63, 3.8) is 0 Å². The number of fused-ring (bicyclic) bond motifs is 1. The van der Waals surface area contributed by atoms with E-state index < -0.39 is 15.8 Å². The molecule has 34 heavy (non-hydrogen) atoms. The van der Waals surface area contributed by atoms with E-state index in [9.17, 15) is 17.6 Å². The van der Waals surface area contributed by atoms with E-state index in [0.29, 0.717) is 41.6 Å². The van der Waals surface area contributed by atoms with Crippen LogP contribution in [0.5, 0.6) is 0 Å². The molecule has 0 saturated carbocycles. The molecular formula is C23H28ClFN4O3S2. The summed E-state index contributed by atoms with van der Waals surface area (Å²) in [7, 11) is 0.237. The molecule has 4 rings (SSSR count). The molecular weight excluding hydrogens is 499 g/mol. The molecule has 1 amide bonds. The van der Waals surface area contributed by atoms with Gasteiger partial charge in [0.15, 0.2) is 5.13 Å². The number of amides is 1. The first-order valence-corrected chi connectivity index (χ1v) is 13.1. The van der Waals surface area contributed by atoms with Crippen molar-refractivity contribution in [2.75, 3.05) is 45.2 Å². The number of benzene rings is 2. The molecule has 2 heterocycles. The molecule has 0 atom stereocenters. The minimum Gasteiger partial charge on any atom is -0.308 e. The largest absolute Gasteiger partial charge is 0.308 e. The number of aromatic nitrogens is 1. The second-order valence-electron chi connectivity index (χ2n) is 8.33. The van der Waals surface area contributed by atoms with Crippen molar-refractivity contribution in [2.24, 2.45) is 0 Å². The number of carbonyl (C=O) groups is 1. The van der Waals surface area contributed by atoms with Crippen LogP contribution in [0, 0.1) is 5.82 Å². The lowest BCUT2D eigenvalue weighted by atomic mass is 10.2. The van der Waals surface area contributed by atoms with Gasteiger partial charge in [-0.3, -0.25) is 9.69 Å². The normalized spacial score (nSPS) is 14.8. The molecule has 1 aromatic heterocycles. The fourth-order valence-corrected chi connectivity index (χ4v) is 6.30. The maximum Gasteiger partial charge on any atom is 0.260 e. The highest BCUT2D eigenvalue weighted by atomic mass is 35.5. The van der Waals surface area contributed by atoms with Crippen LogP contribution < -0.4 is 4.90 Å². The molecule has 1 saturated heterocycles. The summed E-state index contributed by atoms with van der Waals surface area (Å²) >= 11 is 1.25. The SMILES string of the molecule is CN(C)CCN(C(=O)c1ccc(S(=O)(=O)N2CCCCC2)cc1)c1nc2c(F)cccc2s1.Cl. The first-order valence-electron chi connectivity index (χ1n) is 10.9. The molecule has 3 aromatic rings. The van der Waals surface area contributed by atoms with Crippen LogP contribution in [-0.4, -0.2) is 68.8 Å². The van der Waals surface area contributed by atoms with Crippen LogP contribution in [0.25, 0.3) is 10.2 Å². The summed E-state index contributed by atoms with van der Waals surface area (Å²) in [4.78, 5) is 21.4. The first kappa shape index (κ1) is 26.5. The minimum absolute atomic E-state index is 0. The number of para-hydroxylation sites is 1. The molecule has 0 unspecified atom stereocenters. The van der Waals surface area contributed by atoms with Gasteiger partial charge in [0.25, 0.3) is 5.91 Å². The Bertz CT molecular complexity index is 1240. The van der Waals surface area contributed by atoms with Crippen molar-refractivity contribution in [1.29, 1.82) is 0 Å². The molecule has 1 aliphatic heterocycles. The van der Waals surface area contributed by atoms with Gasteiger partial charge in [0.1, 0.15) is 11.3 Å². The van der Waals surface area contributed by atoms with Crippen molar-refractivity contribution < 1.29 is 17.6 Å². The Morgan fingerprint density at radius 2 is 1.74 bits per heavy atom. The van der Waals surface area contributed by atoms with E-state index >= 15 is 0 Å². The summed E-state index contributed by atoms with van der Waals surface area (Å²) in [6.45, 7) is 2.00. The summed E-state index contributed by atoms with van der Waals surface area (Å²) < 4.78 is 42.2. The van der Waals surface area contributed by atoms with Crippen molar-refractivity contribution >= 4 is 55.0 Å². The summed E-state index contributed by atoms with van der Waals surface area (Å²) in [5.74, 6) is -0.736. The Morgan fingerprint density at radius 3 is 2.35 bits per heavy atom. The first-order chi connectivity index (χ1) is 15.8. The standard InChI is InChI=1S/C23H27FN4O3S2.ClH/c1-26(2)15-16-28(23-25-21-19(24)7-6-8-20(21)32-23)22(29)17-9-11-18(12-10-17)33(30,31)27-13-4-3-5-14-27;/h6-12H,3-5,13-16H2,1-2H3;1H. The van der Waals surface area contributed by atoms with Crippen LogP contribution in [-0.2, 0) is 10.0 Å². The number of piperidine rings is 1. The van der Waals surface area contributed by atoms with E-state index in [1.807, 2.05) is 19.0 Å². The topological polar surface area (TPSA) is 73.8 Å². The Balaban J connectivity index is 0.00000324. The Labute approximate surface area is 209 Å². The molecule has 0 radical (unpaired) electrons. The van der Waals surface area contributed by atoms with Gasteiger partial charge < -0.3 is 4.90 Å². The molecule has 0 bridgehead atoms. The number of rotatable bonds is 7. The minimum atomic E-state index is -3.57. The van der Waals surface area contributed by atoms with Gasteiger partial charge in [-0.2, -0.15) is 4.31 Å². The van der Waals surface area contributed by atoms with E-state index in [1.54, 1.807) is 12.1 Å². The zero-order chi connectivity index (χ0) is 23.6. The maximum absolute atomic E-state index is 14.2. The highest BCUT2D eigenvalue weighted by molar-refractivity contribution is 7.89. The van der Waals surface area contributed by atoms with Crippen LogP contribution >= 0.6 is 23.7 Å². The lowest BCUT2D eigenvalue weighted by Gasteiger charge is -2.26. The molecule has 0 aliphatic carbocycles. The third kappa shape index (κ3) is 5.58. The van der Waals surface area contributed by atoms with Gasteiger partial charge in [-0.25, -0.2) is 17.8 Å². The number of carbonyl (C=O) groups excluding carboxylic acids is 1. The van der Waals surface area contributed by atoms with E-state index in [0.717, 1.165) is 19.3 Å². The van der Waals surface area contributed by atoms with Gasteiger partial charge in [-0.15, -0.1) is 12.4 Å². The molecule has 184 valence electrons. The van der Waals surface area contributed by atoms with Gasteiger partial charge in [0.2, 0.25) is 10.0 Å². The zero-order valence-electron chi connectivity index (χ0n) is 19.1. The number of thiazole rings is 1. The van der Waals surface area contributed by atoms with Crippen molar-refractivity contribution in [2.45, 2.75) is 24.2 Å². The average Bonchev–Trinajstić information content (AvgIpc) is 3.25. The molecule has 2 aromatic carbocycles. The molecule has 0 spiro atoms. The van der Waals surface area contributed by atoms with Crippen LogP contribution in [0.4, 0.5) is 9.52 Å². The van der Waals surface area contributed by atoms with E-state index in [-0.39, 0.29) is 28.7 Å². The van der Waals surface area contributed by atoms with E-state index in [1.165, 1.54) is 50.9 Å². The lowest BCUT2D eigenvalue weighted by Crippen LogP contribution is -2.37. The van der Waals surface area contributed by atoms with Gasteiger partial charge >= 0.3 is 0 Å². The van der Waals surface area contributed by atoms with Gasteiger partial charge in [0.05, 0.1) is 9.60 Å². The monoisotopic (exact) mass is 526 g/mol. The third-order valence-electron chi connectivity index (χ3n) is 5.66. The Kier molecular flexibility index (Phi) is 8.64. The van der Waals surface area contributed by atoms with Crippen LogP contribution in [0.2, 0.25) is 0 Å². The molecule has 7 nitrogen and oxygen atoms in total. The summed E-state index contributed by atoms with van der Waals surface area (Å²) in [5.41, 5.74) is 0.592. The number of nitrogens with zero attached hydrogens (tertiary/aromatic N) is 4. The zero-order valence-corrected chi connectivity index (χ0v) is 21.6. The molecule has 11 heteroatoms. The number of anilines is 1. The number of sulfonamides is 1. The highest BCUT2D eigenvalue weighted by Gasteiger charge is 2.27. The number of halogens is 2. The van der Waals surface area contributed by atoms with Crippen molar-refractivity contribution in [1.82, 2.24) is 14.2 Å². The highest BCUT2D eigenvalue weighted by Crippen LogP contribution is 2.31. The summed E-state index contributed by atoms with van der Waals surface area (Å²) in [6, 6.07) is 10.8. The van der Waals surface area contributed by atoms with Crippen molar-refractivity contribution in [3.05, 3.63) is 53.8 Å². The van der Waals surface area contributed by atoms with Crippen molar-refractivity contribution in [3.8, 4) is 0 Å². The predicted octanol–water partition coefficient (Wildman–Crippen LogP) is 4.24. The predicted molar refractivity (Wildman–Crippen MR) is 136 cm³/mol. The van der Waals surface area contributed by atoms with Crippen LogP contribution in [0.3, 0.4) is 0 Å². The molecule has 0 N–H and O–H groups in total. The van der Waals surface area contributed by atoms with E-state index in [2.05, 4.69) is 4.98 Å². The lowest BCUT2D eigenvalue weighted by molar-refractivity contribution is 0.0985. The summed E-state index contributed by atoms with van der Waals surface area (Å²) in [6.07, 6.45) is 2.76. The Morgan fingerprint density at radius 1 is 1.06 bits per heavy atom. The Hall–Kier alpha value is -2.11. The maximum atomic E-state index is 14.2. The third-order valence-corrected chi connectivity index (χ3v) is 8.62. The van der Waals surface area contributed by atoms with Crippen LogP contribution in [0.15, 0.2) is 47.4 Å². The number of likely N-dealkylation sites (N-methyl/N-ethyl adjacent to an activating group) is 1. The smallest absolute Gasteiger partial charge is 0.260 e. The quantitative estimate of drug-likeness (QED) is 0.460. The van der Waals surface area contributed by atoms with Gasteiger partial charge in [-0.1, -0.05) is 23.8 Å². The van der Waals surface area contributed by atoms with Crippen LogP contribution in [0.1, 0.15) is 29.6 Å². The second kappa shape index (κ2) is 11.1. The van der Waals surface area contributed by atoms with Gasteiger partial charge in [0, 0.05) is 31.7 Å². The fraction of sp³-hybridized carbons (Fsp3) is 0.391. The average molecular weight is 527 g/mol. The number of hydrogen-bond acceptors (Lipinski definition) is 6. The second-order valence-corrected chi connectivity index (χ2v) is 11.3. The van der Waals surface area contributed by atoms with Gasteiger partial charge in [-0.05, 0) is 63.3 Å². The summed E-state index contributed by atoms with van der Waals surface area (Å²) in [5, 5.41) is 0.409. The fourth-order valence-electron chi connectivity index (χ4n) is 3.78.